The van der Waals surface area contributed by atoms with Crippen LogP contribution in [0, 0.1) is 12.8 Å². The maximum Gasteiger partial charge on any atom is 0.254 e. The Labute approximate surface area is 273 Å². The van der Waals surface area contributed by atoms with Crippen molar-refractivity contribution in [3.05, 3.63) is 63.3 Å². The molecule has 4 rings (SSSR count). The van der Waals surface area contributed by atoms with Crippen molar-refractivity contribution in [2.45, 2.75) is 84.0 Å². The van der Waals surface area contributed by atoms with Gasteiger partial charge in [-0.3, -0.25) is 28.8 Å². The van der Waals surface area contributed by atoms with Gasteiger partial charge in [-0.05, 0) is 18.4 Å². The average Bonchev–Trinajstić information content (AvgIpc) is 3.45. The molecule has 2 aliphatic heterocycles. The van der Waals surface area contributed by atoms with E-state index in [1.807, 2.05) is 44.2 Å². The maximum absolute atomic E-state index is 13.9. The van der Waals surface area contributed by atoms with Crippen molar-refractivity contribution >= 4 is 29.5 Å². The SMILES string of the molecule is CCc1nc(C)c(CC(=O)N2CCNC(=O)[C@H](Cc3ccccc3)NC(=O)[C@@H]3C[C@@H](O)CN3C(=O)[C@H]([C@@H](C)CC)NC(=O)C2)c(=O)[nH]1. The van der Waals surface area contributed by atoms with Gasteiger partial charge in [0.2, 0.25) is 29.5 Å². The Morgan fingerprint density at radius 3 is 2.45 bits per heavy atom. The molecule has 0 bridgehead atoms. The first-order chi connectivity index (χ1) is 22.4. The predicted molar refractivity (Wildman–Crippen MR) is 172 cm³/mol. The Bertz CT molecular complexity index is 1530. The van der Waals surface area contributed by atoms with E-state index in [4.69, 9.17) is 0 Å². The smallest absolute Gasteiger partial charge is 0.254 e. The molecule has 3 heterocycles. The highest BCUT2D eigenvalue weighted by molar-refractivity contribution is 5.95. The van der Waals surface area contributed by atoms with Crippen LogP contribution in [0.1, 0.15) is 56.3 Å². The largest absolute Gasteiger partial charge is 0.391 e. The zero-order valence-corrected chi connectivity index (χ0v) is 27.4. The van der Waals surface area contributed by atoms with Gasteiger partial charge in [0.25, 0.3) is 5.56 Å². The predicted octanol–water partition coefficient (Wildman–Crippen LogP) is -0.638. The number of hydrogen-bond acceptors (Lipinski definition) is 8. The lowest BCUT2D eigenvalue weighted by Gasteiger charge is -2.32. The van der Waals surface area contributed by atoms with Crippen molar-refractivity contribution in [2.24, 2.45) is 5.92 Å². The lowest BCUT2D eigenvalue weighted by atomic mass is 9.97. The fourth-order valence-corrected chi connectivity index (χ4v) is 5.92. The Morgan fingerprint density at radius 2 is 1.79 bits per heavy atom. The van der Waals surface area contributed by atoms with Crippen LogP contribution in [-0.4, -0.2) is 105 Å². The molecule has 14 heteroatoms. The first kappa shape index (κ1) is 35.3. The topological polar surface area (TPSA) is 194 Å². The van der Waals surface area contributed by atoms with Gasteiger partial charge in [0.15, 0.2) is 0 Å². The molecule has 2 aromatic rings. The van der Waals surface area contributed by atoms with Gasteiger partial charge in [-0.15, -0.1) is 0 Å². The number of nitrogens with zero attached hydrogens (tertiary/aromatic N) is 3. The lowest BCUT2D eigenvalue weighted by molar-refractivity contribution is -0.143. The minimum absolute atomic E-state index is 0.0205. The summed E-state index contributed by atoms with van der Waals surface area (Å²) in [5.41, 5.74) is 0.920. The molecule has 0 unspecified atom stereocenters. The molecule has 47 heavy (non-hydrogen) atoms. The van der Waals surface area contributed by atoms with Crippen molar-refractivity contribution in [3.63, 3.8) is 0 Å². The maximum atomic E-state index is 13.9. The molecule has 5 amide bonds. The van der Waals surface area contributed by atoms with Crippen LogP contribution >= 0.6 is 0 Å². The molecule has 5 N–H and O–H groups in total. The summed E-state index contributed by atoms with van der Waals surface area (Å²) in [5.74, 6) is -2.65. The highest BCUT2D eigenvalue weighted by Gasteiger charge is 2.43. The second-order valence-corrected chi connectivity index (χ2v) is 12.3. The highest BCUT2D eigenvalue weighted by atomic mass is 16.3. The number of aliphatic hydroxyl groups is 1. The summed E-state index contributed by atoms with van der Waals surface area (Å²) in [4.78, 5) is 90.4. The Balaban J connectivity index is 1.66. The summed E-state index contributed by atoms with van der Waals surface area (Å²) in [5, 5.41) is 18.8. The number of H-pyrrole nitrogens is 1. The number of carbonyl (C=O) groups is 5. The summed E-state index contributed by atoms with van der Waals surface area (Å²) in [6.07, 6.45) is -0.130. The van der Waals surface area contributed by atoms with Crippen LogP contribution in [-0.2, 0) is 43.2 Å². The molecule has 254 valence electrons. The molecule has 0 aliphatic carbocycles. The van der Waals surface area contributed by atoms with Crippen LogP contribution in [0.2, 0.25) is 0 Å². The molecule has 2 fully saturated rings. The van der Waals surface area contributed by atoms with E-state index in [0.717, 1.165) is 5.56 Å². The lowest BCUT2D eigenvalue weighted by Crippen LogP contribution is -2.58. The highest BCUT2D eigenvalue weighted by Crippen LogP contribution is 2.22. The molecule has 0 spiro atoms. The number of amides is 5. The molecule has 2 aliphatic rings. The number of rotatable bonds is 7. The van der Waals surface area contributed by atoms with E-state index in [0.29, 0.717) is 24.4 Å². The molecule has 1 aromatic heterocycles. The van der Waals surface area contributed by atoms with E-state index in [-0.39, 0.29) is 50.4 Å². The van der Waals surface area contributed by atoms with E-state index in [9.17, 15) is 33.9 Å². The van der Waals surface area contributed by atoms with Gasteiger partial charge in [0, 0.05) is 50.2 Å². The average molecular weight is 652 g/mol. The number of aryl methyl sites for hydroxylation is 2. The van der Waals surface area contributed by atoms with Crippen LogP contribution < -0.4 is 21.5 Å². The minimum Gasteiger partial charge on any atom is -0.391 e. The Hall–Kier alpha value is -4.59. The van der Waals surface area contributed by atoms with Gasteiger partial charge in [0.1, 0.15) is 23.9 Å². The van der Waals surface area contributed by atoms with Gasteiger partial charge in [-0.1, -0.05) is 57.5 Å². The van der Waals surface area contributed by atoms with E-state index in [1.54, 1.807) is 13.8 Å². The molecule has 1 aromatic carbocycles. The van der Waals surface area contributed by atoms with Crippen molar-refractivity contribution in [1.82, 2.24) is 35.7 Å². The summed E-state index contributed by atoms with van der Waals surface area (Å²) in [6.45, 7) is 6.46. The molecule has 2 saturated heterocycles. The van der Waals surface area contributed by atoms with Crippen molar-refractivity contribution in [2.75, 3.05) is 26.2 Å². The molecular weight excluding hydrogens is 606 g/mol. The Kier molecular flexibility index (Phi) is 11.9. The van der Waals surface area contributed by atoms with Gasteiger partial charge in [-0.25, -0.2) is 4.98 Å². The van der Waals surface area contributed by atoms with E-state index >= 15 is 0 Å². The summed E-state index contributed by atoms with van der Waals surface area (Å²) < 4.78 is 0. The standard InChI is InChI=1S/C33H45N7O7/c1-5-19(3)29-33(47)40-17-22(41)15-25(40)32(46)36-24(14-21-10-8-7-9-11-21)31(45)34-12-13-39(18-27(42)38-29)28(43)16-23-20(4)35-26(6-2)37-30(23)44/h7-11,19,22,24-25,29,41H,5-6,12-18H2,1-4H3,(H,34,45)(H,36,46)(H,38,42)(H,35,37,44)/t19-,22+,24-,25-,29-/m0/s1. The third kappa shape index (κ3) is 8.82. The number of aliphatic hydroxyl groups excluding tert-OH is 1. The van der Waals surface area contributed by atoms with Gasteiger partial charge >= 0.3 is 0 Å². The normalized spacial score (nSPS) is 23.6. The first-order valence-electron chi connectivity index (χ1n) is 16.2. The van der Waals surface area contributed by atoms with Gasteiger partial charge < -0.3 is 35.8 Å². The summed E-state index contributed by atoms with van der Waals surface area (Å²) in [7, 11) is 0. The second kappa shape index (κ2) is 15.8. The van der Waals surface area contributed by atoms with E-state index in [1.165, 1.54) is 9.80 Å². The molecular formula is C33H45N7O7. The number of carbonyl (C=O) groups excluding carboxylic acids is 5. The molecule has 0 saturated carbocycles. The van der Waals surface area contributed by atoms with E-state index in [2.05, 4.69) is 25.9 Å². The van der Waals surface area contributed by atoms with Crippen LogP contribution in [0.4, 0.5) is 0 Å². The third-order valence-electron chi connectivity index (χ3n) is 8.88. The Morgan fingerprint density at radius 1 is 1.06 bits per heavy atom. The number of hydrogen-bond donors (Lipinski definition) is 5. The van der Waals surface area contributed by atoms with E-state index < -0.39 is 65.9 Å². The van der Waals surface area contributed by atoms with Crippen LogP contribution in [0.3, 0.4) is 0 Å². The van der Waals surface area contributed by atoms with Crippen molar-refractivity contribution in [1.29, 1.82) is 0 Å². The van der Waals surface area contributed by atoms with Crippen molar-refractivity contribution in [3.8, 4) is 0 Å². The zero-order valence-electron chi connectivity index (χ0n) is 27.4. The monoisotopic (exact) mass is 651 g/mol. The number of aromatic amines is 1. The van der Waals surface area contributed by atoms with Crippen LogP contribution in [0.15, 0.2) is 35.1 Å². The first-order valence-corrected chi connectivity index (χ1v) is 16.2. The van der Waals surface area contributed by atoms with Crippen molar-refractivity contribution < 1.29 is 29.1 Å². The van der Waals surface area contributed by atoms with Gasteiger partial charge in [0.05, 0.1) is 19.1 Å². The number of benzene rings is 1. The zero-order chi connectivity index (χ0) is 34.2. The molecule has 0 radical (unpaired) electrons. The fourth-order valence-electron chi connectivity index (χ4n) is 5.92. The minimum atomic E-state index is -1.05. The number of nitrogens with one attached hydrogen (secondary N) is 4. The van der Waals surface area contributed by atoms with Crippen LogP contribution in [0.5, 0.6) is 0 Å². The molecule has 5 atom stereocenters. The second-order valence-electron chi connectivity index (χ2n) is 12.3. The summed E-state index contributed by atoms with van der Waals surface area (Å²) in [6, 6.07) is 6.00. The van der Waals surface area contributed by atoms with Gasteiger partial charge in [-0.2, -0.15) is 0 Å². The number of fused-ring (bicyclic) bond motifs is 1. The van der Waals surface area contributed by atoms with Crippen LogP contribution in [0.25, 0.3) is 0 Å². The fraction of sp³-hybridized carbons (Fsp3) is 0.545. The number of aromatic nitrogens is 2. The molecule has 14 nitrogen and oxygen atoms in total. The third-order valence-corrected chi connectivity index (χ3v) is 8.88. The summed E-state index contributed by atoms with van der Waals surface area (Å²) >= 11 is 0. The quantitative estimate of drug-likeness (QED) is 0.261.